The summed E-state index contributed by atoms with van der Waals surface area (Å²) in [7, 11) is 0. The maximum absolute atomic E-state index is 11.1. The Morgan fingerprint density at radius 1 is 0.625 bits per heavy atom. The van der Waals surface area contributed by atoms with Crippen molar-refractivity contribution in [3.05, 3.63) is 0 Å². The Labute approximate surface area is 93.2 Å². The van der Waals surface area contributed by atoms with Crippen molar-refractivity contribution < 1.29 is 24.0 Å². The summed E-state index contributed by atoms with van der Waals surface area (Å²) < 4.78 is 0. The average molecular weight is 226 g/mol. The van der Waals surface area contributed by atoms with Gasteiger partial charge in [0.15, 0.2) is 0 Å². The molecule has 16 heavy (non-hydrogen) atoms. The molecule has 0 radical (unpaired) electrons. The fraction of sp³-hybridized carbons (Fsp3) is 0.545. The Balaban J connectivity index is 4.56. The zero-order valence-electron chi connectivity index (χ0n) is 9.37. The lowest BCUT2D eigenvalue weighted by Gasteiger charge is -1.97. The van der Waals surface area contributed by atoms with E-state index in [0.717, 1.165) is 0 Å². The molecular weight excluding hydrogens is 212 g/mol. The SMILES string of the molecule is CCCC(=O)C(=O)C(=O)C(=O)C(=O)CCC. The number of hydrogen-bond donors (Lipinski definition) is 0. The van der Waals surface area contributed by atoms with Crippen LogP contribution in [-0.4, -0.2) is 28.9 Å². The van der Waals surface area contributed by atoms with Crippen LogP contribution in [0.25, 0.3) is 0 Å². The molecule has 0 N–H and O–H groups in total. The number of rotatable bonds is 8. The van der Waals surface area contributed by atoms with Crippen LogP contribution in [0.3, 0.4) is 0 Å². The van der Waals surface area contributed by atoms with Crippen molar-refractivity contribution in [1.29, 1.82) is 0 Å². The third-order valence-corrected chi connectivity index (χ3v) is 1.87. The summed E-state index contributed by atoms with van der Waals surface area (Å²) in [5, 5.41) is 0. The maximum atomic E-state index is 11.1. The van der Waals surface area contributed by atoms with E-state index in [0.29, 0.717) is 12.8 Å². The van der Waals surface area contributed by atoms with Crippen molar-refractivity contribution >= 4 is 28.9 Å². The highest BCUT2D eigenvalue weighted by Gasteiger charge is 2.31. The lowest BCUT2D eigenvalue weighted by molar-refractivity contribution is -0.150. The lowest BCUT2D eigenvalue weighted by Crippen LogP contribution is -2.34. The molecule has 0 spiro atoms. The van der Waals surface area contributed by atoms with E-state index in [1.807, 2.05) is 0 Å². The molecule has 5 nitrogen and oxygen atoms in total. The van der Waals surface area contributed by atoms with Crippen LogP contribution < -0.4 is 0 Å². The van der Waals surface area contributed by atoms with Gasteiger partial charge in [0.2, 0.25) is 11.6 Å². The summed E-state index contributed by atoms with van der Waals surface area (Å²) in [5.74, 6) is -6.08. The predicted octanol–water partition coefficient (Wildman–Crippen LogP) is 0.432. The first-order valence-electron chi connectivity index (χ1n) is 5.14. The second kappa shape index (κ2) is 6.76. The second-order valence-electron chi connectivity index (χ2n) is 3.33. The standard InChI is InChI=1S/C11H14O5/c1-3-5-7(12)9(14)11(16)10(15)8(13)6-4-2/h3-6H2,1-2H3. The van der Waals surface area contributed by atoms with Crippen LogP contribution in [-0.2, 0) is 24.0 Å². The Hall–Kier alpha value is -1.65. The Kier molecular flexibility index (Phi) is 6.07. The molecule has 0 fully saturated rings. The van der Waals surface area contributed by atoms with Gasteiger partial charge in [0.25, 0.3) is 17.3 Å². The summed E-state index contributed by atoms with van der Waals surface area (Å²) in [6, 6.07) is 0. The minimum absolute atomic E-state index is 0.0835. The third kappa shape index (κ3) is 3.84. The van der Waals surface area contributed by atoms with Gasteiger partial charge in [-0.15, -0.1) is 0 Å². The highest BCUT2D eigenvalue weighted by Crippen LogP contribution is 1.96. The summed E-state index contributed by atoms with van der Waals surface area (Å²) in [4.78, 5) is 55.4. The Bertz CT molecular complexity index is 308. The van der Waals surface area contributed by atoms with Gasteiger partial charge >= 0.3 is 0 Å². The van der Waals surface area contributed by atoms with E-state index in [9.17, 15) is 24.0 Å². The first-order chi connectivity index (χ1) is 7.45. The molecule has 0 saturated carbocycles. The van der Waals surface area contributed by atoms with Crippen LogP contribution in [0, 0.1) is 0 Å². The molecule has 0 unspecified atom stereocenters. The van der Waals surface area contributed by atoms with E-state index in [1.165, 1.54) is 0 Å². The largest absolute Gasteiger partial charge is 0.290 e. The lowest BCUT2D eigenvalue weighted by atomic mass is 10.0. The Morgan fingerprint density at radius 3 is 1.19 bits per heavy atom. The van der Waals surface area contributed by atoms with E-state index >= 15 is 0 Å². The molecule has 0 aromatic carbocycles. The van der Waals surface area contributed by atoms with Gasteiger partial charge in [-0.25, -0.2) is 0 Å². The minimum Gasteiger partial charge on any atom is -0.290 e. The molecule has 0 rings (SSSR count). The second-order valence-corrected chi connectivity index (χ2v) is 3.33. The molecule has 0 aliphatic rings. The molecule has 5 heteroatoms. The van der Waals surface area contributed by atoms with Gasteiger partial charge in [-0.1, -0.05) is 13.8 Å². The topological polar surface area (TPSA) is 85.3 Å². The highest BCUT2D eigenvalue weighted by molar-refractivity contribution is 6.86. The molecule has 0 atom stereocenters. The smallest absolute Gasteiger partial charge is 0.280 e. The van der Waals surface area contributed by atoms with Crippen molar-refractivity contribution in [1.82, 2.24) is 0 Å². The third-order valence-electron chi connectivity index (χ3n) is 1.87. The van der Waals surface area contributed by atoms with Crippen LogP contribution in [0.1, 0.15) is 39.5 Å². The molecule has 0 aliphatic heterocycles. The number of carbonyl (C=O) groups excluding carboxylic acids is 5. The first kappa shape index (κ1) is 14.3. The van der Waals surface area contributed by atoms with Crippen molar-refractivity contribution in [2.75, 3.05) is 0 Å². The van der Waals surface area contributed by atoms with E-state index in [-0.39, 0.29) is 12.8 Å². The van der Waals surface area contributed by atoms with Crippen LogP contribution >= 0.6 is 0 Å². The summed E-state index contributed by atoms with van der Waals surface area (Å²) >= 11 is 0. The predicted molar refractivity (Wildman–Crippen MR) is 54.9 cm³/mol. The van der Waals surface area contributed by atoms with Gasteiger partial charge in [-0.3, -0.25) is 24.0 Å². The summed E-state index contributed by atoms with van der Waals surface area (Å²) in [6.45, 7) is 3.33. The fourth-order valence-electron chi connectivity index (χ4n) is 1.04. The van der Waals surface area contributed by atoms with E-state index < -0.39 is 28.9 Å². The van der Waals surface area contributed by atoms with Gasteiger partial charge in [0, 0.05) is 12.8 Å². The highest BCUT2D eigenvalue weighted by atomic mass is 16.2. The van der Waals surface area contributed by atoms with Gasteiger partial charge in [-0.2, -0.15) is 0 Å². The van der Waals surface area contributed by atoms with Crippen LogP contribution in [0.4, 0.5) is 0 Å². The molecule has 0 bridgehead atoms. The number of Topliss-reactive ketones (excluding diaryl/α,β-unsaturated/α-hetero) is 5. The molecule has 88 valence electrons. The number of ketones is 5. The first-order valence-corrected chi connectivity index (χ1v) is 5.14. The molecular formula is C11H14O5. The zero-order chi connectivity index (χ0) is 12.7. The van der Waals surface area contributed by atoms with Gasteiger partial charge in [-0.05, 0) is 12.8 Å². The minimum atomic E-state index is -1.50. The number of carbonyl (C=O) groups is 5. The quantitative estimate of drug-likeness (QED) is 0.442. The molecule has 0 aromatic rings. The van der Waals surface area contributed by atoms with Gasteiger partial charge in [0.05, 0.1) is 0 Å². The molecule has 0 aliphatic carbocycles. The van der Waals surface area contributed by atoms with Crippen molar-refractivity contribution in [2.45, 2.75) is 39.5 Å². The molecule has 0 aromatic heterocycles. The normalized spacial score (nSPS) is 9.62. The van der Waals surface area contributed by atoms with Crippen molar-refractivity contribution in [2.24, 2.45) is 0 Å². The zero-order valence-corrected chi connectivity index (χ0v) is 9.37. The van der Waals surface area contributed by atoms with E-state index in [1.54, 1.807) is 13.8 Å². The van der Waals surface area contributed by atoms with Crippen molar-refractivity contribution in [3.8, 4) is 0 Å². The molecule has 0 amide bonds. The van der Waals surface area contributed by atoms with Crippen molar-refractivity contribution in [3.63, 3.8) is 0 Å². The Morgan fingerprint density at radius 2 is 0.938 bits per heavy atom. The number of hydrogen-bond acceptors (Lipinski definition) is 5. The molecule has 0 heterocycles. The van der Waals surface area contributed by atoms with Gasteiger partial charge < -0.3 is 0 Å². The van der Waals surface area contributed by atoms with Crippen LogP contribution in [0.15, 0.2) is 0 Å². The van der Waals surface area contributed by atoms with Gasteiger partial charge in [0.1, 0.15) is 0 Å². The molecule has 0 saturated heterocycles. The van der Waals surface area contributed by atoms with E-state index in [4.69, 9.17) is 0 Å². The average Bonchev–Trinajstić information content (AvgIpc) is 2.26. The maximum Gasteiger partial charge on any atom is 0.280 e. The van der Waals surface area contributed by atoms with E-state index in [2.05, 4.69) is 0 Å². The van der Waals surface area contributed by atoms with Crippen LogP contribution in [0.2, 0.25) is 0 Å². The summed E-state index contributed by atoms with van der Waals surface area (Å²) in [6.07, 6.45) is 0.656. The monoisotopic (exact) mass is 226 g/mol. The summed E-state index contributed by atoms with van der Waals surface area (Å²) in [5.41, 5.74) is 0. The fourth-order valence-corrected chi connectivity index (χ4v) is 1.04. The van der Waals surface area contributed by atoms with Crippen LogP contribution in [0.5, 0.6) is 0 Å².